The first-order valence-electron chi connectivity index (χ1n) is 7.61. The molecule has 0 radical (unpaired) electrons. The van der Waals surface area contributed by atoms with E-state index in [1.807, 2.05) is 6.07 Å². The van der Waals surface area contributed by atoms with Crippen LogP contribution in [0.2, 0.25) is 0 Å². The fourth-order valence-electron chi connectivity index (χ4n) is 1.99. The SMILES string of the molecule is COc1cc(/C=C/C(=O)O[C@H](C)C(=O)Nc2ccccc2)ccc1O. The molecular formula is C19H19NO5. The molecule has 0 bridgehead atoms. The maximum atomic E-state index is 12.0. The van der Waals surface area contributed by atoms with Gasteiger partial charge in [-0.25, -0.2) is 4.79 Å². The van der Waals surface area contributed by atoms with Crippen molar-refractivity contribution in [3.8, 4) is 11.5 Å². The zero-order valence-corrected chi connectivity index (χ0v) is 13.9. The molecule has 1 atom stereocenters. The highest BCUT2D eigenvalue weighted by Gasteiger charge is 2.16. The number of nitrogens with one attached hydrogen (secondary N) is 1. The number of amides is 1. The summed E-state index contributed by atoms with van der Waals surface area (Å²) in [6.45, 7) is 1.49. The molecule has 130 valence electrons. The monoisotopic (exact) mass is 341 g/mol. The number of methoxy groups -OCH3 is 1. The number of para-hydroxylation sites is 1. The Kier molecular flexibility index (Phi) is 6.17. The summed E-state index contributed by atoms with van der Waals surface area (Å²) in [5.74, 6) is -0.762. The van der Waals surface area contributed by atoms with Gasteiger partial charge in [0.25, 0.3) is 5.91 Å². The molecule has 25 heavy (non-hydrogen) atoms. The summed E-state index contributed by atoms with van der Waals surface area (Å²) in [6.07, 6.45) is 1.77. The summed E-state index contributed by atoms with van der Waals surface area (Å²) in [7, 11) is 1.43. The quantitative estimate of drug-likeness (QED) is 0.623. The van der Waals surface area contributed by atoms with Crippen molar-refractivity contribution in [3.05, 3.63) is 60.2 Å². The maximum absolute atomic E-state index is 12.0. The third kappa shape index (κ3) is 5.39. The van der Waals surface area contributed by atoms with E-state index in [4.69, 9.17) is 9.47 Å². The van der Waals surface area contributed by atoms with Gasteiger partial charge >= 0.3 is 5.97 Å². The van der Waals surface area contributed by atoms with Crippen LogP contribution in [-0.2, 0) is 14.3 Å². The summed E-state index contributed by atoms with van der Waals surface area (Å²) in [4.78, 5) is 23.8. The number of hydrogen-bond acceptors (Lipinski definition) is 5. The molecule has 0 heterocycles. The van der Waals surface area contributed by atoms with Crippen LogP contribution in [0, 0.1) is 0 Å². The lowest BCUT2D eigenvalue weighted by Crippen LogP contribution is -2.29. The van der Waals surface area contributed by atoms with Gasteiger partial charge in [0.1, 0.15) is 0 Å². The molecule has 0 aliphatic carbocycles. The number of ether oxygens (including phenoxy) is 2. The van der Waals surface area contributed by atoms with Gasteiger partial charge in [0.2, 0.25) is 0 Å². The van der Waals surface area contributed by atoms with Gasteiger partial charge < -0.3 is 19.9 Å². The maximum Gasteiger partial charge on any atom is 0.331 e. The van der Waals surface area contributed by atoms with Gasteiger partial charge in [-0.05, 0) is 42.8 Å². The van der Waals surface area contributed by atoms with Crippen LogP contribution < -0.4 is 10.1 Å². The average molecular weight is 341 g/mol. The van der Waals surface area contributed by atoms with E-state index in [0.29, 0.717) is 17.0 Å². The van der Waals surface area contributed by atoms with Crippen LogP contribution in [0.25, 0.3) is 6.08 Å². The lowest BCUT2D eigenvalue weighted by atomic mass is 10.2. The molecular weight excluding hydrogens is 322 g/mol. The van der Waals surface area contributed by atoms with Gasteiger partial charge in [0.05, 0.1) is 7.11 Å². The molecule has 0 saturated heterocycles. The number of anilines is 1. The van der Waals surface area contributed by atoms with Crippen LogP contribution in [0.15, 0.2) is 54.6 Å². The minimum atomic E-state index is -0.938. The third-order valence-corrected chi connectivity index (χ3v) is 3.32. The van der Waals surface area contributed by atoms with Crippen molar-refractivity contribution in [2.45, 2.75) is 13.0 Å². The fourth-order valence-corrected chi connectivity index (χ4v) is 1.99. The standard InChI is InChI=1S/C19H19NO5/c1-13(19(23)20-15-6-4-3-5-7-15)25-18(22)11-9-14-8-10-16(21)17(12-14)24-2/h3-13,21H,1-2H3,(H,20,23)/b11-9+/t13-/m1/s1. The molecule has 2 N–H and O–H groups in total. The Labute approximate surface area is 145 Å². The van der Waals surface area contributed by atoms with Gasteiger partial charge in [-0.1, -0.05) is 24.3 Å². The first-order chi connectivity index (χ1) is 12.0. The lowest BCUT2D eigenvalue weighted by Gasteiger charge is -2.12. The Balaban J connectivity index is 1.91. The van der Waals surface area contributed by atoms with Crippen LogP contribution in [-0.4, -0.2) is 30.2 Å². The number of phenolic OH excluding ortho intramolecular Hbond substituents is 1. The summed E-state index contributed by atoms with van der Waals surface area (Å²) in [5, 5.41) is 12.2. The van der Waals surface area contributed by atoms with E-state index < -0.39 is 18.0 Å². The molecule has 0 aromatic heterocycles. The second kappa shape index (κ2) is 8.54. The zero-order chi connectivity index (χ0) is 18.2. The van der Waals surface area contributed by atoms with Crippen LogP contribution in [0.1, 0.15) is 12.5 Å². The smallest absolute Gasteiger partial charge is 0.331 e. The zero-order valence-electron chi connectivity index (χ0n) is 13.9. The van der Waals surface area contributed by atoms with Gasteiger partial charge in [-0.15, -0.1) is 0 Å². The first-order valence-corrected chi connectivity index (χ1v) is 7.61. The predicted octanol–water partition coefficient (Wildman–Crippen LogP) is 2.98. The Morgan fingerprint density at radius 2 is 1.88 bits per heavy atom. The van der Waals surface area contributed by atoms with Crippen molar-refractivity contribution in [2.24, 2.45) is 0 Å². The number of carbonyl (C=O) groups is 2. The molecule has 2 rings (SSSR count). The van der Waals surface area contributed by atoms with Gasteiger partial charge in [-0.3, -0.25) is 4.79 Å². The van der Waals surface area contributed by atoms with Crippen molar-refractivity contribution in [1.29, 1.82) is 0 Å². The molecule has 6 nitrogen and oxygen atoms in total. The Bertz CT molecular complexity index is 771. The summed E-state index contributed by atoms with van der Waals surface area (Å²) in [5.41, 5.74) is 1.27. The Hall–Kier alpha value is -3.28. The Morgan fingerprint density at radius 1 is 1.16 bits per heavy atom. The van der Waals surface area contributed by atoms with Gasteiger partial charge in [0.15, 0.2) is 17.6 Å². The second-order valence-corrected chi connectivity index (χ2v) is 5.20. The number of benzene rings is 2. The molecule has 6 heteroatoms. The summed E-state index contributed by atoms with van der Waals surface area (Å²) in [6, 6.07) is 13.6. The third-order valence-electron chi connectivity index (χ3n) is 3.32. The normalized spacial score (nSPS) is 11.8. The van der Waals surface area contributed by atoms with Crippen molar-refractivity contribution in [3.63, 3.8) is 0 Å². The van der Waals surface area contributed by atoms with Crippen LogP contribution in [0.4, 0.5) is 5.69 Å². The minimum Gasteiger partial charge on any atom is -0.504 e. The lowest BCUT2D eigenvalue weighted by molar-refractivity contribution is -0.148. The highest BCUT2D eigenvalue weighted by Crippen LogP contribution is 2.26. The Morgan fingerprint density at radius 3 is 2.56 bits per heavy atom. The molecule has 0 saturated carbocycles. The second-order valence-electron chi connectivity index (χ2n) is 5.20. The largest absolute Gasteiger partial charge is 0.504 e. The number of rotatable bonds is 6. The van der Waals surface area contributed by atoms with Crippen LogP contribution in [0.3, 0.4) is 0 Å². The first kappa shape index (κ1) is 18.1. The summed E-state index contributed by atoms with van der Waals surface area (Å²) >= 11 is 0. The van der Waals surface area contributed by atoms with Crippen molar-refractivity contribution in [1.82, 2.24) is 0 Å². The average Bonchev–Trinajstić information content (AvgIpc) is 2.61. The van der Waals surface area contributed by atoms with Crippen molar-refractivity contribution in [2.75, 3.05) is 12.4 Å². The van der Waals surface area contributed by atoms with Crippen molar-refractivity contribution >= 4 is 23.6 Å². The molecule has 0 spiro atoms. The fraction of sp³-hybridized carbons (Fsp3) is 0.158. The van der Waals surface area contributed by atoms with E-state index in [9.17, 15) is 14.7 Å². The molecule has 1 amide bonds. The van der Waals surface area contributed by atoms with E-state index >= 15 is 0 Å². The van der Waals surface area contributed by atoms with E-state index in [-0.39, 0.29) is 5.75 Å². The number of carbonyl (C=O) groups excluding carboxylic acids is 2. The van der Waals surface area contributed by atoms with E-state index in [1.54, 1.807) is 36.4 Å². The molecule has 2 aromatic carbocycles. The minimum absolute atomic E-state index is 0.00781. The van der Waals surface area contributed by atoms with Gasteiger partial charge in [-0.2, -0.15) is 0 Å². The van der Waals surface area contributed by atoms with E-state index in [2.05, 4.69) is 5.32 Å². The topological polar surface area (TPSA) is 84.9 Å². The highest BCUT2D eigenvalue weighted by atomic mass is 16.5. The highest BCUT2D eigenvalue weighted by molar-refractivity contribution is 5.96. The van der Waals surface area contributed by atoms with Crippen molar-refractivity contribution < 1.29 is 24.2 Å². The van der Waals surface area contributed by atoms with Crippen LogP contribution >= 0.6 is 0 Å². The summed E-state index contributed by atoms with van der Waals surface area (Å²) < 4.78 is 10.1. The number of phenols is 1. The molecule has 0 aliphatic heterocycles. The number of aromatic hydroxyl groups is 1. The number of esters is 1. The van der Waals surface area contributed by atoms with Gasteiger partial charge in [0, 0.05) is 11.8 Å². The van der Waals surface area contributed by atoms with E-state index in [1.165, 1.54) is 32.3 Å². The predicted molar refractivity (Wildman–Crippen MR) is 94.3 cm³/mol. The van der Waals surface area contributed by atoms with Crippen LogP contribution in [0.5, 0.6) is 11.5 Å². The molecule has 0 unspecified atom stereocenters. The number of hydrogen-bond donors (Lipinski definition) is 2. The molecule has 2 aromatic rings. The molecule has 0 aliphatic rings. The molecule has 0 fully saturated rings. The van der Waals surface area contributed by atoms with E-state index in [0.717, 1.165) is 0 Å².